The fourth-order valence-electron chi connectivity index (χ4n) is 1.87. The van der Waals surface area contributed by atoms with E-state index in [0.29, 0.717) is 11.5 Å². The van der Waals surface area contributed by atoms with Crippen LogP contribution in [0.25, 0.3) is 5.65 Å². The Kier molecular flexibility index (Phi) is 3.64. The zero-order valence-electron chi connectivity index (χ0n) is 11.2. The fourth-order valence-corrected chi connectivity index (χ4v) is 1.87. The molecule has 7 heteroatoms. The highest BCUT2D eigenvalue weighted by Gasteiger charge is 2.24. The van der Waals surface area contributed by atoms with Crippen molar-refractivity contribution >= 4 is 17.4 Å². The van der Waals surface area contributed by atoms with Gasteiger partial charge >= 0.3 is 5.97 Å². The molecule has 0 amide bonds. The summed E-state index contributed by atoms with van der Waals surface area (Å²) in [6.45, 7) is 5.67. The Balaban J connectivity index is 2.36. The second kappa shape index (κ2) is 5.21. The third-order valence-corrected chi connectivity index (χ3v) is 3.27. The molecule has 0 aromatic carbocycles. The van der Waals surface area contributed by atoms with Crippen molar-refractivity contribution in [2.45, 2.75) is 33.2 Å². The van der Waals surface area contributed by atoms with Gasteiger partial charge in [-0.15, -0.1) is 10.2 Å². The van der Waals surface area contributed by atoms with Crippen LogP contribution in [-0.2, 0) is 4.79 Å². The predicted octanol–water partition coefficient (Wildman–Crippen LogP) is 1.34. The van der Waals surface area contributed by atoms with Gasteiger partial charge in [-0.3, -0.25) is 4.40 Å². The third-order valence-electron chi connectivity index (χ3n) is 3.27. The van der Waals surface area contributed by atoms with E-state index < -0.39 is 12.0 Å². The van der Waals surface area contributed by atoms with E-state index >= 15 is 0 Å². The number of nitrogens with zero attached hydrogens (tertiary/aromatic N) is 4. The van der Waals surface area contributed by atoms with Crippen molar-refractivity contribution in [3.05, 3.63) is 18.2 Å². The molecule has 0 saturated heterocycles. The first-order valence-electron chi connectivity index (χ1n) is 6.20. The lowest BCUT2D eigenvalue weighted by Crippen LogP contribution is -2.35. The summed E-state index contributed by atoms with van der Waals surface area (Å²) < 4.78 is 1.77. The molecule has 0 radical (unpaired) electrons. The molecule has 2 aromatic heterocycles. The lowest BCUT2D eigenvalue weighted by atomic mass is 9.99. The summed E-state index contributed by atoms with van der Waals surface area (Å²) in [5, 5.41) is 20.2. The maximum absolute atomic E-state index is 11.3. The van der Waals surface area contributed by atoms with Gasteiger partial charge in [-0.25, -0.2) is 9.78 Å². The zero-order valence-corrected chi connectivity index (χ0v) is 11.2. The van der Waals surface area contributed by atoms with Gasteiger partial charge in [0, 0.05) is 12.4 Å². The average Bonchev–Trinajstić information content (AvgIpc) is 2.77. The summed E-state index contributed by atoms with van der Waals surface area (Å²) in [6.07, 6.45) is 4.11. The van der Waals surface area contributed by atoms with Gasteiger partial charge in [0.05, 0.1) is 0 Å². The number of fused-ring (bicyclic) bond motifs is 1. The van der Waals surface area contributed by atoms with E-state index in [2.05, 4.69) is 20.5 Å². The second-order valence-corrected chi connectivity index (χ2v) is 4.56. The molecular formula is C12H17N5O2. The number of hydrogen-bond acceptors (Lipinski definition) is 5. The molecule has 0 aliphatic carbocycles. The maximum Gasteiger partial charge on any atom is 0.326 e. The van der Waals surface area contributed by atoms with Crippen LogP contribution in [0.4, 0.5) is 5.82 Å². The number of rotatable bonds is 5. The van der Waals surface area contributed by atoms with Crippen LogP contribution < -0.4 is 5.32 Å². The summed E-state index contributed by atoms with van der Waals surface area (Å²) in [6, 6.07) is -0.694. The molecule has 0 aliphatic heterocycles. The van der Waals surface area contributed by atoms with E-state index in [4.69, 9.17) is 0 Å². The molecule has 0 fully saturated rings. The van der Waals surface area contributed by atoms with Crippen LogP contribution in [0.1, 0.15) is 26.1 Å². The Labute approximate surface area is 110 Å². The first-order valence-corrected chi connectivity index (χ1v) is 6.20. The number of aromatic nitrogens is 4. The number of carbonyl (C=O) groups is 1. The number of carboxylic acid groups (broad SMARTS) is 1. The summed E-state index contributed by atoms with van der Waals surface area (Å²) >= 11 is 0. The molecule has 2 N–H and O–H groups in total. The van der Waals surface area contributed by atoms with E-state index in [9.17, 15) is 9.90 Å². The Morgan fingerprint density at radius 2 is 2.26 bits per heavy atom. The van der Waals surface area contributed by atoms with Gasteiger partial charge in [0.25, 0.3) is 0 Å². The summed E-state index contributed by atoms with van der Waals surface area (Å²) in [7, 11) is 0. The molecule has 0 spiro atoms. The van der Waals surface area contributed by atoms with E-state index in [1.165, 1.54) is 0 Å². The molecule has 0 aliphatic rings. The minimum atomic E-state index is -0.894. The molecule has 102 valence electrons. The van der Waals surface area contributed by atoms with Crippen LogP contribution in [0.15, 0.2) is 12.4 Å². The van der Waals surface area contributed by atoms with Crippen molar-refractivity contribution < 1.29 is 9.90 Å². The highest BCUT2D eigenvalue weighted by atomic mass is 16.4. The lowest BCUT2D eigenvalue weighted by molar-refractivity contribution is -0.139. The van der Waals surface area contributed by atoms with Crippen molar-refractivity contribution in [3.8, 4) is 0 Å². The van der Waals surface area contributed by atoms with E-state index in [1.807, 2.05) is 20.8 Å². The maximum atomic E-state index is 11.3. The van der Waals surface area contributed by atoms with Gasteiger partial charge in [-0.1, -0.05) is 20.3 Å². The summed E-state index contributed by atoms with van der Waals surface area (Å²) in [4.78, 5) is 15.5. The molecule has 2 aromatic rings. The molecule has 0 unspecified atom stereocenters. The van der Waals surface area contributed by atoms with Crippen molar-refractivity contribution in [3.63, 3.8) is 0 Å². The van der Waals surface area contributed by atoms with Crippen LogP contribution in [0.2, 0.25) is 0 Å². The fraction of sp³-hybridized carbons (Fsp3) is 0.500. The Morgan fingerprint density at radius 3 is 2.89 bits per heavy atom. The Morgan fingerprint density at radius 1 is 1.53 bits per heavy atom. The number of nitrogens with one attached hydrogen (secondary N) is 1. The minimum absolute atomic E-state index is 0.0106. The molecule has 0 saturated carbocycles. The van der Waals surface area contributed by atoms with Crippen molar-refractivity contribution in [2.24, 2.45) is 5.92 Å². The predicted molar refractivity (Wildman–Crippen MR) is 70.0 cm³/mol. The molecule has 7 nitrogen and oxygen atoms in total. The summed E-state index contributed by atoms with van der Waals surface area (Å²) in [5.41, 5.74) is 0.537. The standard InChI is InChI=1S/C12H17N5O2/c1-4-7(2)9(12(18)19)14-10-11-16-15-8(3)17(11)6-5-13-10/h5-7,9H,4H2,1-3H3,(H,13,14)(H,18,19)/t7-,9-/m0/s1. The third kappa shape index (κ3) is 2.49. The van der Waals surface area contributed by atoms with Crippen molar-refractivity contribution in [1.29, 1.82) is 0 Å². The monoisotopic (exact) mass is 263 g/mol. The number of carboxylic acids is 1. The second-order valence-electron chi connectivity index (χ2n) is 4.56. The number of aliphatic carboxylic acids is 1. The van der Waals surface area contributed by atoms with Crippen molar-refractivity contribution in [1.82, 2.24) is 19.6 Å². The van der Waals surface area contributed by atoms with E-state index in [-0.39, 0.29) is 5.92 Å². The Bertz CT molecular complexity index is 595. The number of anilines is 1. The highest BCUT2D eigenvalue weighted by molar-refractivity contribution is 5.79. The van der Waals surface area contributed by atoms with Gasteiger partial charge in [0.1, 0.15) is 11.9 Å². The van der Waals surface area contributed by atoms with Gasteiger partial charge in [0.15, 0.2) is 5.82 Å². The first-order chi connectivity index (χ1) is 9.04. The lowest BCUT2D eigenvalue weighted by Gasteiger charge is -2.20. The quantitative estimate of drug-likeness (QED) is 0.845. The molecule has 2 heterocycles. The molecule has 0 bridgehead atoms. The van der Waals surface area contributed by atoms with Gasteiger partial charge in [-0.2, -0.15) is 0 Å². The zero-order chi connectivity index (χ0) is 14.0. The van der Waals surface area contributed by atoms with Crippen LogP contribution >= 0.6 is 0 Å². The SMILES string of the molecule is CC[C@H](C)[C@H](Nc1nccn2c(C)nnc12)C(=O)O. The molecule has 2 atom stereocenters. The Hall–Kier alpha value is -2.18. The van der Waals surface area contributed by atoms with E-state index in [0.717, 1.165) is 12.2 Å². The number of hydrogen-bond donors (Lipinski definition) is 2. The number of aryl methyl sites for hydroxylation is 1. The van der Waals surface area contributed by atoms with Gasteiger partial charge in [0.2, 0.25) is 5.65 Å². The molecular weight excluding hydrogens is 246 g/mol. The normalized spacial score (nSPS) is 14.3. The highest BCUT2D eigenvalue weighted by Crippen LogP contribution is 2.17. The largest absolute Gasteiger partial charge is 0.480 e. The topological polar surface area (TPSA) is 92.4 Å². The van der Waals surface area contributed by atoms with Crippen LogP contribution in [0.5, 0.6) is 0 Å². The van der Waals surface area contributed by atoms with Crippen LogP contribution in [0, 0.1) is 12.8 Å². The summed E-state index contributed by atoms with van der Waals surface area (Å²) in [5.74, 6) is 0.268. The van der Waals surface area contributed by atoms with Gasteiger partial charge < -0.3 is 10.4 Å². The van der Waals surface area contributed by atoms with Crippen molar-refractivity contribution in [2.75, 3.05) is 5.32 Å². The van der Waals surface area contributed by atoms with Gasteiger partial charge in [-0.05, 0) is 12.8 Å². The average molecular weight is 263 g/mol. The van der Waals surface area contributed by atoms with Crippen LogP contribution in [-0.4, -0.2) is 36.7 Å². The van der Waals surface area contributed by atoms with Crippen LogP contribution in [0.3, 0.4) is 0 Å². The minimum Gasteiger partial charge on any atom is -0.480 e. The van der Waals surface area contributed by atoms with E-state index in [1.54, 1.807) is 16.8 Å². The molecule has 19 heavy (non-hydrogen) atoms. The first kappa shape index (κ1) is 13.3. The smallest absolute Gasteiger partial charge is 0.326 e. The molecule has 2 rings (SSSR count).